The molecule has 17 heavy (non-hydrogen) atoms. The van der Waals surface area contributed by atoms with Crippen LogP contribution in [-0.4, -0.2) is 32.0 Å². The van der Waals surface area contributed by atoms with E-state index in [1.165, 1.54) is 6.26 Å². The summed E-state index contributed by atoms with van der Waals surface area (Å²) in [7, 11) is -3.06. The molecule has 0 bridgehead atoms. The number of hydrogen-bond donors (Lipinski definition) is 1. The lowest BCUT2D eigenvalue weighted by Crippen LogP contribution is -2.51. The monoisotopic (exact) mass is 261 g/mol. The summed E-state index contributed by atoms with van der Waals surface area (Å²) in [4.78, 5) is 0. The maximum Gasteiger partial charge on any atom is 0.154 e. The minimum absolute atomic E-state index is 0.0115. The lowest BCUT2D eigenvalue weighted by atomic mass is 9.97. The first-order valence-corrected chi connectivity index (χ1v) is 8.20. The molecule has 102 valence electrons. The summed E-state index contributed by atoms with van der Waals surface area (Å²) >= 11 is 0. The summed E-state index contributed by atoms with van der Waals surface area (Å²) in [5.74, 6) is 0. The molecular weight excluding hydrogens is 234 g/mol. The van der Waals surface area contributed by atoms with Gasteiger partial charge in [-0.1, -0.05) is 13.0 Å². The van der Waals surface area contributed by atoms with Crippen molar-refractivity contribution in [3.63, 3.8) is 0 Å². The van der Waals surface area contributed by atoms with Crippen LogP contribution in [0.3, 0.4) is 0 Å². The molecule has 0 aliphatic rings. The number of sulfone groups is 1. The smallest absolute Gasteiger partial charge is 0.154 e. The Hall–Kier alpha value is -0.350. The molecule has 0 aliphatic carbocycles. The van der Waals surface area contributed by atoms with Gasteiger partial charge in [-0.25, -0.2) is 8.42 Å². The van der Waals surface area contributed by atoms with Crippen LogP contribution in [0.5, 0.6) is 0 Å². The summed E-state index contributed by atoms with van der Waals surface area (Å²) in [6, 6.07) is 0.0115. The average molecular weight is 261 g/mol. The van der Waals surface area contributed by atoms with Crippen LogP contribution in [0, 0.1) is 0 Å². The van der Waals surface area contributed by atoms with Crippen molar-refractivity contribution in [2.75, 3.05) is 12.8 Å². The van der Waals surface area contributed by atoms with Crippen molar-refractivity contribution < 1.29 is 8.42 Å². The van der Waals surface area contributed by atoms with E-state index in [0.29, 0.717) is 0 Å². The second-order valence-electron chi connectivity index (χ2n) is 5.10. The Morgan fingerprint density at radius 2 is 2.00 bits per heavy atom. The third-order valence-corrected chi connectivity index (χ3v) is 5.53. The Morgan fingerprint density at radius 3 is 2.41 bits per heavy atom. The van der Waals surface area contributed by atoms with Gasteiger partial charge in [0, 0.05) is 12.3 Å². The molecule has 0 aromatic carbocycles. The van der Waals surface area contributed by atoms with Crippen molar-refractivity contribution in [2.45, 2.75) is 57.2 Å². The van der Waals surface area contributed by atoms with Crippen LogP contribution < -0.4 is 5.32 Å². The second kappa shape index (κ2) is 7.17. The first-order chi connectivity index (χ1) is 7.77. The normalized spacial score (nSPS) is 14.6. The topological polar surface area (TPSA) is 46.2 Å². The van der Waals surface area contributed by atoms with E-state index >= 15 is 0 Å². The van der Waals surface area contributed by atoms with Gasteiger partial charge >= 0.3 is 0 Å². The number of rotatable bonds is 9. The van der Waals surface area contributed by atoms with Gasteiger partial charge < -0.3 is 5.32 Å². The second-order valence-corrected chi connectivity index (χ2v) is 7.70. The molecule has 0 aromatic heterocycles. The Kier molecular flexibility index (Phi) is 7.02. The van der Waals surface area contributed by atoms with Crippen LogP contribution in [0.2, 0.25) is 0 Å². The maximum absolute atomic E-state index is 11.8. The van der Waals surface area contributed by atoms with E-state index < -0.39 is 14.6 Å². The molecule has 0 amide bonds. The van der Waals surface area contributed by atoms with Crippen LogP contribution in [-0.2, 0) is 9.84 Å². The lowest BCUT2D eigenvalue weighted by Gasteiger charge is -2.33. The predicted octanol–water partition coefficient (Wildman–Crippen LogP) is 2.53. The van der Waals surface area contributed by atoms with Gasteiger partial charge in [-0.3, -0.25) is 0 Å². The lowest BCUT2D eigenvalue weighted by molar-refractivity contribution is 0.382. The Morgan fingerprint density at radius 1 is 1.41 bits per heavy atom. The highest BCUT2D eigenvalue weighted by Gasteiger charge is 2.37. The van der Waals surface area contributed by atoms with E-state index in [9.17, 15) is 8.42 Å². The van der Waals surface area contributed by atoms with Crippen molar-refractivity contribution in [1.29, 1.82) is 0 Å². The molecule has 0 saturated heterocycles. The predicted molar refractivity (Wildman–Crippen MR) is 75.1 cm³/mol. The third kappa shape index (κ3) is 5.21. The number of allylic oxidation sites excluding steroid dienone is 1. The SMILES string of the molecule is C=CCCCC(NCCC)C(C)(C)S(C)(=O)=O. The molecule has 1 atom stereocenters. The summed E-state index contributed by atoms with van der Waals surface area (Å²) in [6.45, 7) is 10.3. The molecule has 0 rings (SSSR count). The van der Waals surface area contributed by atoms with E-state index in [0.717, 1.165) is 32.2 Å². The Bertz CT molecular complexity index is 320. The Balaban J connectivity index is 4.71. The molecular formula is C13H27NO2S. The van der Waals surface area contributed by atoms with E-state index in [-0.39, 0.29) is 6.04 Å². The largest absolute Gasteiger partial charge is 0.312 e. The van der Waals surface area contributed by atoms with Crippen molar-refractivity contribution in [2.24, 2.45) is 0 Å². The average Bonchev–Trinajstić information content (AvgIpc) is 2.21. The zero-order chi connectivity index (χ0) is 13.5. The minimum atomic E-state index is -3.06. The van der Waals surface area contributed by atoms with Gasteiger partial charge in [0.05, 0.1) is 4.75 Å². The third-order valence-electron chi connectivity index (χ3n) is 3.34. The fourth-order valence-corrected chi connectivity index (χ4v) is 2.46. The molecule has 0 radical (unpaired) electrons. The molecule has 3 nitrogen and oxygen atoms in total. The van der Waals surface area contributed by atoms with Gasteiger partial charge in [0.15, 0.2) is 9.84 Å². The molecule has 0 aromatic rings. The number of nitrogens with one attached hydrogen (secondary N) is 1. The highest BCUT2D eigenvalue weighted by Crippen LogP contribution is 2.24. The standard InChI is InChI=1S/C13H27NO2S/c1-6-8-9-10-12(14-11-7-2)13(3,4)17(5,15)16/h6,12,14H,1,7-11H2,2-5H3. The molecule has 4 heteroatoms. The van der Waals surface area contributed by atoms with E-state index in [1.54, 1.807) is 0 Å². The highest BCUT2D eigenvalue weighted by atomic mass is 32.2. The molecule has 1 N–H and O–H groups in total. The number of hydrogen-bond acceptors (Lipinski definition) is 3. The summed E-state index contributed by atoms with van der Waals surface area (Å²) in [5, 5.41) is 3.36. The van der Waals surface area contributed by atoms with Crippen LogP contribution in [0.4, 0.5) is 0 Å². The molecule has 0 spiro atoms. The molecule has 0 aliphatic heterocycles. The van der Waals surface area contributed by atoms with E-state index in [2.05, 4.69) is 18.8 Å². The van der Waals surface area contributed by atoms with E-state index in [1.807, 2.05) is 19.9 Å². The van der Waals surface area contributed by atoms with Crippen LogP contribution in [0.1, 0.15) is 46.5 Å². The van der Waals surface area contributed by atoms with Crippen LogP contribution in [0.15, 0.2) is 12.7 Å². The maximum atomic E-state index is 11.8. The summed E-state index contributed by atoms with van der Waals surface area (Å²) < 4.78 is 22.9. The fourth-order valence-electron chi connectivity index (χ4n) is 1.74. The summed E-state index contributed by atoms with van der Waals surface area (Å²) in [6.07, 6.45) is 6.99. The molecule has 0 heterocycles. The fraction of sp³-hybridized carbons (Fsp3) is 0.846. The Labute approximate surface area is 107 Å². The van der Waals surface area contributed by atoms with Crippen LogP contribution in [0.25, 0.3) is 0 Å². The van der Waals surface area contributed by atoms with Gasteiger partial charge in [0.25, 0.3) is 0 Å². The molecule has 0 saturated carbocycles. The zero-order valence-corrected chi connectivity index (χ0v) is 12.4. The first kappa shape index (κ1) is 16.6. The van der Waals surface area contributed by atoms with Gasteiger partial charge in [0.2, 0.25) is 0 Å². The van der Waals surface area contributed by atoms with Gasteiger partial charge in [-0.15, -0.1) is 6.58 Å². The minimum Gasteiger partial charge on any atom is -0.312 e. The van der Waals surface area contributed by atoms with Crippen molar-refractivity contribution in [1.82, 2.24) is 5.32 Å². The quantitative estimate of drug-likeness (QED) is 0.512. The molecule has 0 fully saturated rings. The van der Waals surface area contributed by atoms with Crippen molar-refractivity contribution in [3.8, 4) is 0 Å². The highest BCUT2D eigenvalue weighted by molar-refractivity contribution is 7.92. The van der Waals surface area contributed by atoms with Crippen LogP contribution >= 0.6 is 0 Å². The van der Waals surface area contributed by atoms with Gasteiger partial charge in [-0.05, 0) is 46.1 Å². The summed E-state index contributed by atoms with van der Waals surface area (Å²) in [5.41, 5.74) is 0. The van der Waals surface area contributed by atoms with Crippen molar-refractivity contribution in [3.05, 3.63) is 12.7 Å². The van der Waals surface area contributed by atoms with Gasteiger partial charge in [-0.2, -0.15) is 0 Å². The van der Waals surface area contributed by atoms with Gasteiger partial charge in [0.1, 0.15) is 0 Å². The van der Waals surface area contributed by atoms with Crippen molar-refractivity contribution >= 4 is 9.84 Å². The first-order valence-electron chi connectivity index (χ1n) is 6.31. The zero-order valence-electron chi connectivity index (χ0n) is 11.6. The number of unbranched alkanes of at least 4 members (excludes halogenated alkanes) is 1. The van der Waals surface area contributed by atoms with E-state index in [4.69, 9.17) is 0 Å². The molecule has 1 unspecified atom stereocenters.